The summed E-state index contributed by atoms with van der Waals surface area (Å²) in [4.78, 5) is 0. The lowest BCUT2D eigenvalue weighted by molar-refractivity contribution is 0.341. The van der Waals surface area contributed by atoms with Crippen LogP contribution in [0.5, 0.6) is 0 Å². The summed E-state index contributed by atoms with van der Waals surface area (Å²) < 4.78 is 0. The summed E-state index contributed by atoms with van der Waals surface area (Å²) in [6.45, 7) is 9.37. The van der Waals surface area contributed by atoms with Gasteiger partial charge in [-0.3, -0.25) is 0 Å². The zero-order valence-corrected chi connectivity index (χ0v) is 15.4. The molecule has 0 aliphatic rings. The largest absolute Gasteiger partial charge is 0.161 e. The monoisotopic (exact) mass is 304 g/mol. The number of rotatable bonds is 14. The molecule has 0 aromatic heterocycles. The van der Waals surface area contributed by atoms with Gasteiger partial charge in [-0.25, -0.2) is 0 Å². The van der Waals surface area contributed by atoms with E-state index in [0.29, 0.717) is 5.41 Å². The van der Waals surface area contributed by atoms with E-state index < -0.39 is 0 Å². The Hall–Kier alpha value is 0.700. The smallest absolute Gasteiger partial charge is 0.00235 e. The molecule has 0 aromatic rings. The molecular formula is C17H36S2. The van der Waals surface area contributed by atoms with Crippen molar-refractivity contribution in [2.75, 3.05) is 23.0 Å². The van der Waals surface area contributed by atoms with Crippen molar-refractivity contribution in [2.24, 2.45) is 5.41 Å². The molecule has 0 saturated heterocycles. The van der Waals surface area contributed by atoms with Crippen LogP contribution in [-0.2, 0) is 0 Å². The lowest BCUT2D eigenvalue weighted by Gasteiger charge is -2.21. The average molecular weight is 305 g/mol. The Morgan fingerprint density at radius 1 is 0.684 bits per heavy atom. The van der Waals surface area contributed by atoms with E-state index >= 15 is 0 Å². The first-order valence-electron chi connectivity index (χ1n) is 8.28. The van der Waals surface area contributed by atoms with Crippen LogP contribution in [-0.4, -0.2) is 23.0 Å². The van der Waals surface area contributed by atoms with Crippen molar-refractivity contribution < 1.29 is 0 Å². The molecule has 2 heteroatoms. The molecule has 0 unspecified atom stereocenters. The van der Waals surface area contributed by atoms with Crippen molar-refractivity contribution in [3.63, 3.8) is 0 Å². The molecular weight excluding hydrogens is 268 g/mol. The van der Waals surface area contributed by atoms with Crippen molar-refractivity contribution in [2.45, 2.75) is 79.1 Å². The van der Waals surface area contributed by atoms with Gasteiger partial charge in [-0.15, -0.1) is 0 Å². The zero-order valence-electron chi connectivity index (χ0n) is 13.8. The molecule has 0 bridgehead atoms. The fourth-order valence-electron chi connectivity index (χ4n) is 1.83. The molecule has 0 aliphatic carbocycles. The van der Waals surface area contributed by atoms with Crippen LogP contribution in [0.1, 0.15) is 79.1 Å². The van der Waals surface area contributed by atoms with Crippen molar-refractivity contribution in [1.29, 1.82) is 0 Å². The predicted octanol–water partition coefficient (Wildman–Crippen LogP) is 6.64. The molecule has 19 heavy (non-hydrogen) atoms. The Morgan fingerprint density at radius 3 is 1.89 bits per heavy atom. The molecule has 116 valence electrons. The minimum atomic E-state index is 0.554. The second-order valence-corrected chi connectivity index (χ2v) is 8.71. The highest BCUT2D eigenvalue weighted by molar-refractivity contribution is 8.02. The number of hydrogen-bond acceptors (Lipinski definition) is 2. The Balaban J connectivity index is 3.07. The maximum Gasteiger partial charge on any atom is 0.00235 e. The quantitative estimate of drug-likeness (QED) is 0.330. The average Bonchev–Trinajstić information content (AvgIpc) is 2.40. The number of hydrogen-bond donors (Lipinski definition) is 0. The Morgan fingerprint density at radius 2 is 1.26 bits per heavy atom. The van der Waals surface area contributed by atoms with Gasteiger partial charge >= 0.3 is 0 Å². The van der Waals surface area contributed by atoms with Gasteiger partial charge in [0.05, 0.1) is 0 Å². The number of unbranched alkanes of at least 4 members (excludes halogenated alkanes) is 5. The lowest BCUT2D eigenvalue weighted by atomic mass is 9.87. The summed E-state index contributed by atoms with van der Waals surface area (Å²) >= 11 is 4.31. The van der Waals surface area contributed by atoms with Crippen LogP contribution < -0.4 is 0 Å². The summed E-state index contributed by atoms with van der Waals surface area (Å²) in [5.41, 5.74) is 0.554. The van der Waals surface area contributed by atoms with E-state index in [1.807, 2.05) is 0 Å². The first-order valence-corrected chi connectivity index (χ1v) is 10.6. The van der Waals surface area contributed by atoms with Gasteiger partial charge in [-0.05, 0) is 29.8 Å². The minimum absolute atomic E-state index is 0.554. The zero-order chi connectivity index (χ0) is 14.4. The molecule has 0 amide bonds. The SMILES string of the molecule is CCCCCCCCSCCSCCC(C)(C)CC. The topological polar surface area (TPSA) is 0 Å². The first kappa shape index (κ1) is 19.7. The summed E-state index contributed by atoms with van der Waals surface area (Å²) in [5.74, 6) is 5.43. The maximum absolute atomic E-state index is 2.39. The third-order valence-electron chi connectivity index (χ3n) is 3.89. The van der Waals surface area contributed by atoms with Gasteiger partial charge in [-0.1, -0.05) is 66.2 Å². The Kier molecular flexibility index (Phi) is 14.2. The first-order chi connectivity index (χ1) is 9.12. The highest BCUT2D eigenvalue weighted by Crippen LogP contribution is 2.26. The van der Waals surface area contributed by atoms with Crippen LogP contribution in [0.2, 0.25) is 0 Å². The summed E-state index contributed by atoms with van der Waals surface area (Å²) in [6, 6.07) is 0. The Labute approximate surface area is 131 Å². The molecule has 0 fully saturated rings. The van der Waals surface area contributed by atoms with Crippen LogP contribution in [0.4, 0.5) is 0 Å². The fourth-order valence-corrected chi connectivity index (χ4v) is 4.29. The van der Waals surface area contributed by atoms with Crippen LogP contribution in [0, 0.1) is 5.41 Å². The molecule has 0 rings (SSSR count). The minimum Gasteiger partial charge on any atom is -0.161 e. The normalized spacial score (nSPS) is 12.0. The third-order valence-corrected chi connectivity index (χ3v) is 6.21. The van der Waals surface area contributed by atoms with Crippen molar-refractivity contribution in [1.82, 2.24) is 0 Å². The van der Waals surface area contributed by atoms with Crippen molar-refractivity contribution in [3.8, 4) is 0 Å². The highest BCUT2D eigenvalue weighted by atomic mass is 32.2. The summed E-state index contributed by atoms with van der Waals surface area (Å²) in [7, 11) is 0. The summed E-state index contributed by atoms with van der Waals surface area (Å²) in [5, 5.41) is 0. The van der Waals surface area contributed by atoms with E-state index in [1.54, 1.807) is 0 Å². The van der Waals surface area contributed by atoms with Gasteiger partial charge in [0, 0.05) is 11.5 Å². The fraction of sp³-hybridized carbons (Fsp3) is 1.00. The molecule has 0 spiro atoms. The van der Waals surface area contributed by atoms with Gasteiger partial charge < -0.3 is 0 Å². The van der Waals surface area contributed by atoms with E-state index in [0.717, 1.165) is 0 Å². The lowest BCUT2D eigenvalue weighted by Crippen LogP contribution is -2.10. The van der Waals surface area contributed by atoms with Crippen LogP contribution >= 0.6 is 23.5 Å². The molecule has 0 nitrogen and oxygen atoms in total. The van der Waals surface area contributed by atoms with Gasteiger partial charge in [-0.2, -0.15) is 23.5 Å². The van der Waals surface area contributed by atoms with Crippen molar-refractivity contribution >= 4 is 23.5 Å². The highest BCUT2D eigenvalue weighted by Gasteiger charge is 2.13. The van der Waals surface area contributed by atoms with Gasteiger partial charge in [0.2, 0.25) is 0 Å². The molecule has 0 atom stereocenters. The molecule has 0 saturated carbocycles. The Bertz CT molecular complexity index is 178. The van der Waals surface area contributed by atoms with E-state index in [-0.39, 0.29) is 0 Å². The van der Waals surface area contributed by atoms with E-state index in [9.17, 15) is 0 Å². The van der Waals surface area contributed by atoms with Gasteiger partial charge in [0.1, 0.15) is 0 Å². The molecule has 0 radical (unpaired) electrons. The molecule has 0 aromatic carbocycles. The number of thioether (sulfide) groups is 2. The molecule has 0 aliphatic heterocycles. The second-order valence-electron chi connectivity index (χ2n) is 6.26. The van der Waals surface area contributed by atoms with Gasteiger partial charge in [0.25, 0.3) is 0 Å². The van der Waals surface area contributed by atoms with Crippen LogP contribution in [0.3, 0.4) is 0 Å². The maximum atomic E-state index is 2.39. The molecule has 0 N–H and O–H groups in total. The van der Waals surface area contributed by atoms with Gasteiger partial charge in [0.15, 0.2) is 0 Å². The van der Waals surface area contributed by atoms with E-state index in [1.165, 1.54) is 74.4 Å². The van der Waals surface area contributed by atoms with E-state index in [4.69, 9.17) is 0 Å². The van der Waals surface area contributed by atoms with Crippen LogP contribution in [0.15, 0.2) is 0 Å². The van der Waals surface area contributed by atoms with Crippen LogP contribution in [0.25, 0.3) is 0 Å². The standard InChI is InChI=1S/C17H36S2/c1-5-7-8-9-10-11-13-18-15-16-19-14-12-17(3,4)6-2/h5-16H2,1-4H3. The summed E-state index contributed by atoms with van der Waals surface area (Å²) in [6.07, 6.45) is 11.3. The van der Waals surface area contributed by atoms with E-state index in [2.05, 4.69) is 51.2 Å². The third kappa shape index (κ3) is 14.9. The predicted molar refractivity (Wildman–Crippen MR) is 96.7 cm³/mol. The molecule has 0 heterocycles. The second kappa shape index (κ2) is 13.7. The van der Waals surface area contributed by atoms with Crippen molar-refractivity contribution in [3.05, 3.63) is 0 Å².